The fourth-order valence-corrected chi connectivity index (χ4v) is 3.18. The quantitative estimate of drug-likeness (QED) is 0.637. The Hall–Kier alpha value is -3.64. The van der Waals surface area contributed by atoms with Gasteiger partial charge in [0.2, 0.25) is 0 Å². The summed E-state index contributed by atoms with van der Waals surface area (Å²) in [6.07, 6.45) is 0. The molecule has 6 heteroatoms. The summed E-state index contributed by atoms with van der Waals surface area (Å²) in [6, 6.07) is 24.9. The summed E-state index contributed by atoms with van der Waals surface area (Å²) in [5.41, 5.74) is 6.13. The van der Waals surface area contributed by atoms with E-state index in [2.05, 4.69) is 10.7 Å². The Labute approximate surface area is 169 Å². The van der Waals surface area contributed by atoms with Crippen LogP contribution in [0.15, 0.2) is 78.9 Å². The molecule has 0 radical (unpaired) electrons. The molecule has 0 spiro atoms. The third-order valence-electron chi connectivity index (χ3n) is 4.57. The minimum absolute atomic E-state index is 0.0134. The van der Waals surface area contributed by atoms with Crippen LogP contribution < -0.4 is 15.5 Å². The molecule has 2 amide bonds. The van der Waals surface area contributed by atoms with E-state index in [1.54, 1.807) is 18.2 Å². The van der Waals surface area contributed by atoms with Crippen LogP contribution in [0.1, 0.15) is 21.5 Å². The van der Waals surface area contributed by atoms with Crippen molar-refractivity contribution in [2.24, 2.45) is 0 Å². The number of hydrogen-bond donors (Lipinski definition) is 2. The lowest BCUT2D eigenvalue weighted by Gasteiger charge is -2.24. The molecule has 1 aliphatic rings. The first kappa shape index (κ1) is 18.7. The molecule has 0 aliphatic carbocycles. The Balaban J connectivity index is 1.52. The Kier molecular flexibility index (Phi) is 5.54. The molecule has 0 atom stereocenters. The van der Waals surface area contributed by atoms with Gasteiger partial charge < -0.3 is 10.1 Å². The van der Waals surface area contributed by atoms with Crippen molar-refractivity contribution in [1.82, 2.24) is 10.4 Å². The molecule has 3 aromatic carbocycles. The number of anilines is 1. The number of fused-ring (bicyclic) bond motifs is 1. The molecule has 0 unspecified atom stereocenters. The van der Waals surface area contributed by atoms with E-state index >= 15 is 0 Å². The third-order valence-corrected chi connectivity index (χ3v) is 4.57. The summed E-state index contributed by atoms with van der Waals surface area (Å²) in [5.74, 6) is 0.0795. The Morgan fingerprint density at radius 1 is 0.931 bits per heavy atom. The molecule has 6 nitrogen and oxygen atoms in total. The molecule has 3 aromatic rings. The number of carbonyl (C=O) groups is 2. The molecule has 0 bridgehead atoms. The number of nitrogens with one attached hydrogen (secondary N) is 2. The highest BCUT2D eigenvalue weighted by Gasteiger charge is 2.19. The largest absolute Gasteiger partial charge is 0.482 e. The topological polar surface area (TPSA) is 70.7 Å². The van der Waals surface area contributed by atoms with Gasteiger partial charge in [-0.15, -0.1) is 0 Å². The van der Waals surface area contributed by atoms with Gasteiger partial charge >= 0.3 is 0 Å². The van der Waals surface area contributed by atoms with E-state index in [1.807, 2.05) is 65.7 Å². The second-order valence-corrected chi connectivity index (χ2v) is 6.82. The van der Waals surface area contributed by atoms with Crippen LogP contribution in [-0.4, -0.2) is 23.4 Å². The molecule has 1 heterocycles. The zero-order valence-corrected chi connectivity index (χ0v) is 15.8. The number of nitrogens with zero attached hydrogens (tertiary/aromatic N) is 1. The van der Waals surface area contributed by atoms with Gasteiger partial charge in [-0.2, -0.15) is 0 Å². The standard InChI is InChI=1S/C23H21N3O3/c27-22-16-29-21-12-11-19(13-20(21)24-22)23(28)25-26(14-17-7-3-1-4-8-17)15-18-9-5-2-6-10-18/h1-13H,14-16H2,(H,24,27)(H,25,28). The lowest BCUT2D eigenvalue weighted by Crippen LogP contribution is -2.41. The predicted molar refractivity (Wildman–Crippen MR) is 110 cm³/mol. The summed E-state index contributed by atoms with van der Waals surface area (Å²) in [6.45, 7) is 1.11. The smallest absolute Gasteiger partial charge is 0.265 e. The second-order valence-electron chi connectivity index (χ2n) is 6.82. The number of carbonyl (C=O) groups excluding carboxylic acids is 2. The Bertz CT molecular complexity index is 965. The van der Waals surface area contributed by atoms with E-state index in [-0.39, 0.29) is 18.4 Å². The van der Waals surface area contributed by atoms with Crippen molar-refractivity contribution in [2.75, 3.05) is 11.9 Å². The number of hydrogen-bond acceptors (Lipinski definition) is 4. The van der Waals surface area contributed by atoms with Crippen LogP contribution in [0.2, 0.25) is 0 Å². The number of hydrazine groups is 1. The van der Waals surface area contributed by atoms with Crippen molar-refractivity contribution in [1.29, 1.82) is 0 Å². The molecule has 1 aliphatic heterocycles. The van der Waals surface area contributed by atoms with Gasteiger partial charge in [0.25, 0.3) is 11.8 Å². The van der Waals surface area contributed by atoms with Gasteiger partial charge in [-0.05, 0) is 29.3 Å². The number of benzene rings is 3. The minimum Gasteiger partial charge on any atom is -0.482 e. The second kappa shape index (κ2) is 8.58. The van der Waals surface area contributed by atoms with Crippen LogP contribution in [0.4, 0.5) is 5.69 Å². The average molecular weight is 387 g/mol. The predicted octanol–water partition coefficient (Wildman–Crippen LogP) is 3.36. The highest BCUT2D eigenvalue weighted by molar-refractivity contribution is 5.99. The first-order chi connectivity index (χ1) is 14.2. The zero-order valence-electron chi connectivity index (χ0n) is 15.8. The van der Waals surface area contributed by atoms with Crippen molar-refractivity contribution in [3.63, 3.8) is 0 Å². The molecule has 0 saturated heterocycles. The molecule has 4 rings (SSSR count). The SMILES string of the molecule is O=C1COc2ccc(C(=O)NN(Cc3ccccc3)Cc3ccccc3)cc2N1. The number of ether oxygens (including phenoxy) is 1. The molecule has 0 aromatic heterocycles. The van der Waals surface area contributed by atoms with Gasteiger partial charge in [-0.25, -0.2) is 5.01 Å². The summed E-state index contributed by atoms with van der Waals surface area (Å²) in [7, 11) is 0. The highest BCUT2D eigenvalue weighted by atomic mass is 16.5. The van der Waals surface area contributed by atoms with Crippen molar-refractivity contribution >= 4 is 17.5 Å². The maximum Gasteiger partial charge on any atom is 0.265 e. The van der Waals surface area contributed by atoms with Crippen LogP contribution in [-0.2, 0) is 17.9 Å². The van der Waals surface area contributed by atoms with Crippen LogP contribution >= 0.6 is 0 Å². The molecule has 29 heavy (non-hydrogen) atoms. The summed E-state index contributed by atoms with van der Waals surface area (Å²) in [4.78, 5) is 24.4. The molecule has 2 N–H and O–H groups in total. The van der Waals surface area contributed by atoms with Gasteiger partial charge in [0.1, 0.15) is 5.75 Å². The van der Waals surface area contributed by atoms with Gasteiger partial charge in [0.15, 0.2) is 6.61 Å². The first-order valence-electron chi connectivity index (χ1n) is 9.38. The van der Waals surface area contributed by atoms with E-state index in [4.69, 9.17) is 4.74 Å². The lowest BCUT2D eigenvalue weighted by molar-refractivity contribution is -0.118. The fourth-order valence-electron chi connectivity index (χ4n) is 3.18. The summed E-state index contributed by atoms with van der Waals surface area (Å²) < 4.78 is 5.36. The number of amides is 2. The molecule has 146 valence electrons. The van der Waals surface area contributed by atoms with E-state index in [9.17, 15) is 9.59 Å². The van der Waals surface area contributed by atoms with Crippen LogP contribution in [0.5, 0.6) is 5.75 Å². The Morgan fingerprint density at radius 2 is 1.55 bits per heavy atom. The van der Waals surface area contributed by atoms with Crippen molar-refractivity contribution in [2.45, 2.75) is 13.1 Å². The monoisotopic (exact) mass is 387 g/mol. The maximum absolute atomic E-state index is 12.9. The fraction of sp³-hybridized carbons (Fsp3) is 0.130. The molecule has 0 saturated carbocycles. The molecule has 0 fully saturated rings. The van der Waals surface area contributed by atoms with Gasteiger partial charge in [-0.3, -0.25) is 15.0 Å². The van der Waals surface area contributed by atoms with Crippen molar-refractivity contribution in [3.05, 3.63) is 95.6 Å². The third kappa shape index (κ3) is 4.80. The van der Waals surface area contributed by atoms with E-state index in [0.717, 1.165) is 11.1 Å². The summed E-state index contributed by atoms with van der Waals surface area (Å²) >= 11 is 0. The van der Waals surface area contributed by atoms with E-state index < -0.39 is 0 Å². The van der Waals surface area contributed by atoms with Gasteiger partial charge in [0.05, 0.1) is 5.69 Å². The zero-order chi connectivity index (χ0) is 20.1. The summed E-state index contributed by atoms with van der Waals surface area (Å²) in [5, 5.41) is 4.61. The van der Waals surface area contributed by atoms with Crippen molar-refractivity contribution in [3.8, 4) is 5.75 Å². The maximum atomic E-state index is 12.9. The van der Waals surface area contributed by atoms with Crippen molar-refractivity contribution < 1.29 is 14.3 Å². The van der Waals surface area contributed by atoms with Crippen LogP contribution in [0, 0.1) is 0 Å². The van der Waals surface area contributed by atoms with Crippen LogP contribution in [0.3, 0.4) is 0 Å². The number of rotatable bonds is 6. The van der Waals surface area contributed by atoms with Gasteiger partial charge in [-0.1, -0.05) is 60.7 Å². The lowest BCUT2D eigenvalue weighted by atomic mass is 10.1. The highest BCUT2D eigenvalue weighted by Crippen LogP contribution is 2.28. The minimum atomic E-state index is -0.250. The van der Waals surface area contributed by atoms with Gasteiger partial charge in [0, 0.05) is 18.7 Å². The average Bonchev–Trinajstić information content (AvgIpc) is 2.74. The Morgan fingerprint density at radius 3 is 2.17 bits per heavy atom. The molecular weight excluding hydrogens is 366 g/mol. The van der Waals surface area contributed by atoms with E-state index in [1.165, 1.54) is 0 Å². The normalized spacial score (nSPS) is 12.7. The molecular formula is C23H21N3O3. The first-order valence-corrected chi connectivity index (χ1v) is 9.38. The van der Waals surface area contributed by atoms with Crippen LogP contribution in [0.25, 0.3) is 0 Å². The van der Waals surface area contributed by atoms with E-state index in [0.29, 0.717) is 30.1 Å².